The Morgan fingerprint density at radius 2 is 2.17 bits per heavy atom. The first kappa shape index (κ1) is 11.8. The monoisotopic (exact) mass is 246 g/mol. The van der Waals surface area contributed by atoms with Crippen LogP contribution in [0.1, 0.15) is 25.7 Å². The van der Waals surface area contributed by atoms with Gasteiger partial charge in [-0.15, -0.1) is 0 Å². The van der Waals surface area contributed by atoms with Crippen molar-refractivity contribution in [1.29, 1.82) is 0 Å². The fraction of sp³-hybridized carbons (Fsp3) is 0.600. The molecule has 1 aliphatic heterocycles. The lowest BCUT2D eigenvalue weighted by Crippen LogP contribution is -2.42. The molecular weight excluding hydrogens is 224 g/mol. The molecule has 2 fully saturated rings. The SMILES string of the molecule is NC1CCCN(c2cccc(OCC3CC3)c2)C1. The summed E-state index contributed by atoms with van der Waals surface area (Å²) in [5, 5.41) is 0. The van der Waals surface area contributed by atoms with Crippen molar-refractivity contribution in [2.24, 2.45) is 11.7 Å². The molecule has 0 spiro atoms. The molecule has 1 saturated carbocycles. The van der Waals surface area contributed by atoms with Crippen LogP contribution in [0.5, 0.6) is 5.75 Å². The third kappa shape index (κ3) is 2.96. The minimum absolute atomic E-state index is 0.315. The van der Waals surface area contributed by atoms with E-state index in [-0.39, 0.29) is 0 Å². The summed E-state index contributed by atoms with van der Waals surface area (Å²) in [6.45, 7) is 2.95. The Hall–Kier alpha value is -1.22. The predicted octanol–water partition coefficient (Wildman–Crippen LogP) is 2.40. The Kier molecular flexibility index (Phi) is 3.41. The summed E-state index contributed by atoms with van der Waals surface area (Å²) in [7, 11) is 0. The second kappa shape index (κ2) is 5.19. The van der Waals surface area contributed by atoms with Crippen LogP contribution in [0.4, 0.5) is 5.69 Å². The molecule has 0 radical (unpaired) electrons. The molecule has 0 aromatic heterocycles. The zero-order valence-electron chi connectivity index (χ0n) is 10.8. The van der Waals surface area contributed by atoms with E-state index in [1.54, 1.807) is 0 Å². The van der Waals surface area contributed by atoms with Crippen LogP contribution in [0.25, 0.3) is 0 Å². The third-order valence-electron chi connectivity index (χ3n) is 3.82. The summed E-state index contributed by atoms with van der Waals surface area (Å²) < 4.78 is 5.83. The van der Waals surface area contributed by atoms with Gasteiger partial charge in [0.05, 0.1) is 6.61 Å². The Morgan fingerprint density at radius 1 is 1.28 bits per heavy atom. The van der Waals surface area contributed by atoms with E-state index in [0.29, 0.717) is 6.04 Å². The van der Waals surface area contributed by atoms with Crippen LogP contribution in [-0.4, -0.2) is 25.7 Å². The maximum absolute atomic E-state index is 6.03. The van der Waals surface area contributed by atoms with E-state index in [1.165, 1.54) is 24.9 Å². The molecule has 1 aromatic carbocycles. The minimum Gasteiger partial charge on any atom is -0.493 e. The molecule has 1 saturated heterocycles. The summed E-state index contributed by atoms with van der Waals surface area (Å²) in [5.74, 6) is 1.80. The molecule has 1 aromatic rings. The highest BCUT2D eigenvalue weighted by Crippen LogP contribution is 2.30. The smallest absolute Gasteiger partial charge is 0.121 e. The van der Waals surface area contributed by atoms with Crippen molar-refractivity contribution < 1.29 is 4.74 Å². The molecule has 1 aliphatic carbocycles. The van der Waals surface area contributed by atoms with Gasteiger partial charge < -0.3 is 15.4 Å². The van der Waals surface area contributed by atoms with Crippen molar-refractivity contribution in [3.05, 3.63) is 24.3 Å². The molecule has 0 bridgehead atoms. The molecular formula is C15H22N2O. The van der Waals surface area contributed by atoms with E-state index in [4.69, 9.17) is 10.5 Å². The molecule has 98 valence electrons. The Labute approximate surface area is 109 Å². The third-order valence-corrected chi connectivity index (χ3v) is 3.82. The summed E-state index contributed by atoms with van der Waals surface area (Å²) >= 11 is 0. The van der Waals surface area contributed by atoms with Crippen LogP contribution in [0.2, 0.25) is 0 Å². The second-order valence-corrected chi connectivity index (χ2v) is 5.60. The summed E-state index contributed by atoms with van der Waals surface area (Å²) in [6.07, 6.45) is 5.00. The summed E-state index contributed by atoms with van der Waals surface area (Å²) in [6, 6.07) is 8.75. The first-order valence-corrected chi connectivity index (χ1v) is 7.04. The summed E-state index contributed by atoms with van der Waals surface area (Å²) in [4.78, 5) is 2.37. The van der Waals surface area contributed by atoms with Crippen molar-refractivity contribution in [3.8, 4) is 5.75 Å². The fourth-order valence-corrected chi connectivity index (χ4v) is 2.51. The maximum Gasteiger partial charge on any atom is 0.121 e. The second-order valence-electron chi connectivity index (χ2n) is 5.60. The average Bonchev–Trinajstić information content (AvgIpc) is 3.21. The van der Waals surface area contributed by atoms with E-state index in [9.17, 15) is 0 Å². The fourth-order valence-electron chi connectivity index (χ4n) is 2.51. The molecule has 18 heavy (non-hydrogen) atoms. The number of hydrogen-bond donors (Lipinski definition) is 1. The van der Waals surface area contributed by atoms with Crippen molar-refractivity contribution in [2.45, 2.75) is 31.7 Å². The van der Waals surface area contributed by atoms with Gasteiger partial charge in [0.1, 0.15) is 5.75 Å². The number of benzene rings is 1. The van der Waals surface area contributed by atoms with Crippen molar-refractivity contribution in [2.75, 3.05) is 24.6 Å². The van der Waals surface area contributed by atoms with E-state index >= 15 is 0 Å². The number of ether oxygens (including phenoxy) is 1. The highest BCUT2D eigenvalue weighted by Gasteiger charge is 2.22. The molecule has 0 amide bonds. The number of hydrogen-bond acceptors (Lipinski definition) is 3. The van der Waals surface area contributed by atoms with Gasteiger partial charge in [0.25, 0.3) is 0 Å². The number of nitrogens with zero attached hydrogens (tertiary/aromatic N) is 1. The number of rotatable bonds is 4. The van der Waals surface area contributed by atoms with E-state index in [1.807, 2.05) is 0 Å². The summed E-state index contributed by atoms with van der Waals surface area (Å²) in [5.41, 5.74) is 7.28. The molecule has 3 nitrogen and oxygen atoms in total. The lowest BCUT2D eigenvalue weighted by Gasteiger charge is -2.32. The van der Waals surface area contributed by atoms with Gasteiger partial charge in [-0.05, 0) is 43.7 Å². The van der Waals surface area contributed by atoms with Crippen molar-refractivity contribution in [3.63, 3.8) is 0 Å². The first-order chi connectivity index (χ1) is 8.81. The van der Waals surface area contributed by atoms with Gasteiger partial charge in [-0.1, -0.05) is 6.07 Å². The minimum atomic E-state index is 0.315. The van der Waals surface area contributed by atoms with E-state index in [2.05, 4.69) is 29.2 Å². The Morgan fingerprint density at radius 3 is 2.94 bits per heavy atom. The van der Waals surface area contributed by atoms with Gasteiger partial charge in [0, 0.05) is 30.9 Å². The van der Waals surface area contributed by atoms with Crippen molar-refractivity contribution in [1.82, 2.24) is 0 Å². The molecule has 3 heteroatoms. The molecule has 2 aliphatic rings. The van der Waals surface area contributed by atoms with Crippen LogP contribution in [0.15, 0.2) is 24.3 Å². The Bertz CT molecular complexity index is 403. The van der Waals surface area contributed by atoms with Gasteiger partial charge >= 0.3 is 0 Å². The number of piperidine rings is 1. The van der Waals surface area contributed by atoms with Crippen LogP contribution >= 0.6 is 0 Å². The van der Waals surface area contributed by atoms with Gasteiger partial charge in [-0.25, -0.2) is 0 Å². The molecule has 1 heterocycles. The van der Waals surface area contributed by atoms with Crippen LogP contribution in [0.3, 0.4) is 0 Å². The van der Waals surface area contributed by atoms with Gasteiger partial charge in [-0.3, -0.25) is 0 Å². The lowest BCUT2D eigenvalue weighted by molar-refractivity contribution is 0.300. The van der Waals surface area contributed by atoms with Gasteiger partial charge in [0.2, 0.25) is 0 Å². The van der Waals surface area contributed by atoms with Gasteiger partial charge in [-0.2, -0.15) is 0 Å². The topological polar surface area (TPSA) is 38.5 Å². The number of anilines is 1. The zero-order valence-corrected chi connectivity index (χ0v) is 10.8. The molecule has 1 unspecified atom stereocenters. The van der Waals surface area contributed by atoms with Gasteiger partial charge in [0.15, 0.2) is 0 Å². The lowest BCUT2D eigenvalue weighted by atomic mass is 10.1. The predicted molar refractivity (Wildman–Crippen MR) is 74.1 cm³/mol. The highest BCUT2D eigenvalue weighted by molar-refractivity contribution is 5.51. The zero-order chi connectivity index (χ0) is 12.4. The normalized spacial score (nSPS) is 24.1. The average molecular weight is 246 g/mol. The van der Waals surface area contributed by atoms with Crippen molar-refractivity contribution >= 4 is 5.69 Å². The van der Waals surface area contributed by atoms with Crippen LogP contribution in [0, 0.1) is 5.92 Å². The largest absolute Gasteiger partial charge is 0.493 e. The maximum atomic E-state index is 6.03. The molecule has 2 N–H and O–H groups in total. The van der Waals surface area contributed by atoms with E-state index < -0.39 is 0 Å². The molecule has 3 rings (SSSR count). The highest BCUT2D eigenvalue weighted by atomic mass is 16.5. The first-order valence-electron chi connectivity index (χ1n) is 7.04. The quantitative estimate of drug-likeness (QED) is 0.886. The van der Waals surface area contributed by atoms with E-state index in [0.717, 1.165) is 37.8 Å². The van der Waals surface area contributed by atoms with Crippen LogP contribution < -0.4 is 15.4 Å². The molecule has 1 atom stereocenters. The Balaban J connectivity index is 1.65. The standard InChI is InChI=1S/C15H22N2O/c16-13-3-2-8-17(10-13)14-4-1-5-15(9-14)18-11-12-6-7-12/h1,4-5,9,12-13H,2-3,6-8,10-11,16H2. The number of nitrogens with two attached hydrogens (primary N) is 1. The van der Waals surface area contributed by atoms with Crippen LogP contribution in [-0.2, 0) is 0 Å².